The van der Waals surface area contributed by atoms with Gasteiger partial charge in [0.15, 0.2) is 0 Å². The summed E-state index contributed by atoms with van der Waals surface area (Å²) in [7, 11) is 0. The molecule has 19 heavy (non-hydrogen) atoms. The van der Waals surface area contributed by atoms with Crippen LogP contribution in [0.3, 0.4) is 0 Å². The van der Waals surface area contributed by atoms with Crippen LogP contribution in [0.5, 0.6) is 0 Å². The van der Waals surface area contributed by atoms with E-state index in [1.807, 2.05) is 34.6 Å². The third-order valence-electron chi connectivity index (χ3n) is 1.66. The lowest BCUT2D eigenvalue weighted by Gasteiger charge is -2.05. The van der Waals surface area contributed by atoms with Gasteiger partial charge in [0.05, 0.1) is 6.61 Å². The second kappa shape index (κ2) is 21.9. The molecule has 1 amide bonds. The SMILES string of the molecule is C=C/C=C(\C=C)C(=O)NCCOCCC.CC.CC. The van der Waals surface area contributed by atoms with Crippen molar-refractivity contribution >= 4 is 5.91 Å². The first-order valence-electron chi connectivity index (χ1n) is 7.07. The van der Waals surface area contributed by atoms with E-state index in [2.05, 4.69) is 18.5 Å². The van der Waals surface area contributed by atoms with Gasteiger partial charge in [-0.2, -0.15) is 0 Å². The standard InChI is InChI=1S/C12H19NO2.2C2H6/c1-4-7-11(6-3)12(14)13-8-10-15-9-5-2;2*1-2/h4,6-7H,1,3,5,8-10H2,2H3,(H,13,14);2*1-2H3/b11-7+;;. The Labute approximate surface area is 119 Å². The average molecular weight is 269 g/mol. The Morgan fingerprint density at radius 3 is 2.16 bits per heavy atom. The Balaban J connectivity index is -0.000000579. The first-order chi connectivity index (χ1) is 9.26. The van der Waals surface area contributed by atoms with Crippen LogP contribution < -0.4 is 5.32 Å². The molecule has 0 saturated carbocycles. The van der Waals surface area contributed by atoms with Crippen molar-refractivity contribution in [2.75, 3.05) is 19.8 Å². The van der Waals surface area contributed by atoms with Gasteiger partial charge in [0.2, 0.25) is 0 Å². The average Bonchev–Trinajstić information content (AvgIpc) is 2.48. The van der Waals surface area contributed by atoms with Crippen LogP contribution in [0.15, 0.2) is 37.0 Å². The highest BCUT2D eigenvalue weighted by atomic mass is 16.5. The summed E-state index contributed by atoms with van der Waals surface area (Å²) < 4.78 is 5.23. The third kappa shape index (κ3) is 16.6. The van der Waals surface area contributed by atoms with Crippen LogP contribution in [0.25, 0.3) is 0 Å². The number of hydrogen-bond acceptors (Lipinski definition) is 2. The molecular weight excluding hydrogens is 238 g/mol. The highest BCUT2D eigenvalue weighted by molar-refractivity contribution is 5.96. The molecule has 0 aromatic carbocycles. The summed E-state index contributed by atoms with van der Waals surface area (Å²) in [6.45, 7) is 18.9. The van der Waals surface area contributed by atoms with Gasteiger partial charge in [-0.25, -0.2) is 0 Å². The van der Waals surface area contributed by atoms with Crippen molar-refractivity contribution in [3.05, 3.63) is 37.0 Å². The Hall–Kier alpha value is -1.35. The summed E-state index contributed by atoms with van der Waals surface area (Å²) in [6.07, 6.45) is 5.67. The van der Waals surface area contributed by atoms with E-state index in [9.17, 15) is 4.79 Å². The summed E-state index contributed by atoms with van der Waals surface area (Å²) in [6, 6.07) is 0. The van der Waals surface area contributed by atoms with Crippen LogP contribution in [0.2, 0.25) is 0 Å². The Morgan fingerprint density at radius 2 is 1.74 bits per heavy atom. The minimum absolute atomic E-state index is 0.148. The predicted octanol–water partition coefficient (Wildman–Crippen LogP) is 3.88. The van der Waals surface area contributed by atoms with Gasteiger partial charge in [-0.15, -0.1) is 0 Å². The summed E-state index contributed by atoms with van der Waals surface area (Å²) >= 11 is 0. The number of ether oxygens (including phenoxy) is 1. The van der Waals surface area contributed by atoms with E-state index in [-0.39, 0.29) is 5.91 Å². The molecule has 0 bridgehead atoms. The summed E-state index contributed by atoms with van der Waals surface area (Å²) in [4.78, 5) is 11.4. The zero-order valence-electron chi connectivity index (χ0n) is 13.3. The van der Waals surface area contributed by atoms with E-state index in [0.29, 0.717) is 18.7 Å². The third-order valence-corrected chi connectivity index (χ3v) is 1.66. The van der Waals surface area contributed by atoms with Crippen molar-refractivity contribution in [3.8, 4) is 0 Å². The normalized spacial score (nSPS) is 9.21. The van der Waals surface area contributed by atoms with E-state index < -0.39 is 0 Å². The van der Waals surface area contributed by atoms with Gasteiger partial charge in [-0.1, -0.05) is 66.0 Å². The summed E-state index contributed by atoms with van der Waals surface area (Å²) in [5.41, 5.74) is 0.514. The zero-order valence-corrected chi connectivity index (χ0v) is 13.3. The van der Waals surface area contributed by atoms with Crippen LogP contribution >= 0.6 is 0 Å². The molecule has 0 fully saturated rings. The van der Waals surface area contributed by atoms with Crippen LogP contribution in [0.1, 0.15) is 41.0 Å². The molecule has 0 aromatic heterocycles. The highest BCUT2D eigenvalue weighted by Gasteiger charge is 2.02. The zero-order chi connectivity index (χ0) is 15.5. The predicted molar refractivity (Wildman–Crippen MR) is 85.3 cm³/mol. The number of amides is 1. The van der Waals surface area contributed by atoms with Crippen molar-refractivity contribution in [1.82, 2.24) is 5.32 Å². The van der Waals surface area contributed by atoms with Crippen molar-refractivity contribution < 1.29 is 9.53 Å². The number of carbonyl (C=O) groups excluding carboxylic acids is 1. The number of hydrogen-bond donors (Lipinski definition) is 1. The first kappa shape index (κ1) is 22.8. The quantitative estimate of drug-likeness (QED) is 0.412. The topological polar surface area (TPSA) is 38.3 Å². The molecule has 0 rings (SSSR count). The highest BCUT2D eigenvalue weighted by Crippen LogP contribution is 1.95. The molecule has 0 radical (unpaired) electrons. The number of rotatable bonds is 8. The molecule has 0 aliphatic heterocycles. The smallest absolute Gasteiger partial charge is 0.251 e. The molecule has 0 aliphatic carbocycles. The van der Waals surface area contributed by atoms with E-state index >= 15 is 0 Å². The van der Waals surface area contributed by atoms with E-state index in [0.717, 1.165) is 13.0 Å². The molecule has 0 aliphatic rings. The van der Waals surface area contributed by atoms with Gasteiger partial charge in [-0.05, 0) is 6.42 Å². The van der Waals surface area contributed by atoms with Gasteiger partial charge in [0, 0.05) is 18.7 Å². The molecule has 0 heterocycles. The molecule has 0 atom stereocenters. The lowest BCUT2D eigenvalue weighted by molar-refractivity contribution is -0.117. The molecule has 0 saturated heterocycles. The molecule has 0 spiro atoms. The minimum atomic E-state index is -0.148. The molecule has 1 N–H and O–H groups in total. The van der Waals surface area contributed by atoms with Crippen LogP contribution in [0, 0.1) is 0 Å². The second-order valence-corrected chi connectivity index (χ2v) is 2.93. The Morgan fingerprint density at radius 1 is 1.16 bits per heavy atom. The molecule has 0 aromatic rings. The van der Waals surface area contributed by atoms with Crippen molar-refractivity contribution in [1.29, 1.82) is 0 Å². The molecule has 3 heteroatoms. The van der Waals surface area contributed by atoms with E-state index in [4.69, 9.17) is 4.74 Å². The Kier molecular flexibility index (Phi) is 26.3. The fourth-order valence-corrected chi connectivity index (χ4v) is 0.949. The van der Waals surface area contributed by atoms with Crippen molar-refractivity contribution in [3.63, 3.8) is 0 Å². The van der Waals surface area contributed by atoms with Crippen molar-refractivity contribution in [2.24, 2.45) is 0 Å². The van der Waals surface area contributed by atoms with Crippen LogP contribution in [-0.4, -0.2) is 25.7 Å². The summed E-state index contributed by atoms with van der Waals surface area (Å²) in [5.74, 6) is -0.148. The lowest BCUT2D eigenvalue weighted by Crippen LogP contribution is -2.28. The maximum atomic E-state index is 11.4. The molecule has 0 unspecified atom stereocenters. The van der Waals surface area contributed by atoms with Crippen molar-refractivity contribution in [2.45, 2.75) is 41.0 Å². The lowest BCUT2D eigenvalue weighted by atomic mass is 10.2. The number of carbonyl (C=O) groups is 1. The molecular formula is C16H31NO2. The van der Waals surface area contributed by atoms with E-state index in [1.54, 1.807) is 12.2 Å². The first-order valence-corrected chi connectivity index (χ1v) is 7.07. The number of nitrogens with one attached hydrogen (secondary N) is 1. The minimum Gasteiger partial charge on any atom is -0.380 e. The fraction of sp³-hybridized carbons (Fsp3) is 0.562. The molecule has 112 valence electrons. The van der Waals surface area contributed by atoms with Gasteiger partial charge in [0.25, 0.3) is 5.91 Å². The maximum Gasteiger partial charge on any atom is 0.251 e. The Bertz CT molecular complexity index is 245. The monoisotopic (exact) mass is 269 g/mol. The second-order valence-electron chi connectivity index (χ2n) is 2.93. The molecule has 3 nitrogen and oxygen atoms in total. The number of allylic oxidation sites excluding steroid dienone is 2. The fourth-order valence-electron chi connectivity index (χ4n) is 0.949. The van der Waals surface area contributed by atoms with E-state index in [1.165, 1.54) is 6.08 Å². The maximum absolute atomic E-state index is 11.4. The van der Waals surface area contributed by atoms with Gasteiger partial charge in [0.1, 0.15) is 0 Å². The largest absolute Gasteiger partial charge is 0.380 e. The van der Waals surface area contributed by atoms with Gasteiger partial charge >= 0.3 is 0 Å². The van der Waals surface area contributed by atoms with Gasteiger partial charge < -0.3 is 10.1 Å². The van der Waals surface area contributed by atoms with Gasteiger partial charge in [-0.3, -0.25) is 4.79 Å². The van der Waals surface area contributed by atoms with Crippen LogP contribution in [0.4, 0.5) is 0 Å². The summed E-state index contributed by atoms with van der Waals surface area (Å²) in [5, 5.41) is 2.73. The van der Waals surface area contributed by atoms with Crippen LogP contribution in [-0.2, 0) is 9.53 Å².